The van der Waals surface area contributed by atoms with E-state index in [0.717, 1.165) is 0 Å². The van der Waals surface area contributed by atoms with Gasteiger partial charge < -0.3 is 9.05 Å². The van der Waals surface area contributed by atoms with Crippen LogP contribution in [-0.4, -0.2) is 25.0 Å². The first-order valence-corrected chi connectivity index (χ1v) is 3.53. The Hall–Kier alpha value is 0.450. The van der Waals surface area contributed by atoms with Crippen molar-refractivity contribution in [3.05, 3.63) is 0 Å². The Labute approximate surface area is 58.8 Å². The molecule has 1 aliphatic rings. The van der Waals surface area contributed by atoms with Crippen LogP contribution in [-0.2, 0) is 9.05 Å². The molecule has 0 saturated carbocycles. The summed E-state index contributed by atoms with van der Waals surface area (Å²) >= 11 is 0. The van der Waals surface area contributed by atoms with Crippen LogP contribution in [0, 0.1) is 0 Å². The lowest BCUT2D eigenvalue weighted by Crippen LogP contribution is -2.25. The molecule has 1 heterocycles. The highest BCUT2D eigenvalue weighted by molar-refractivity contribution is 7.10. The lowest BCUT2D eigenvalue weighted by molar-refractivity contribution is 0.148. The Morgan fingerprint density at radius 2 is 2.22 bits per heavy atom. The van der Waals surface area contributed by atoms with E-state index < -0.39 is 0 Å². The summed E-state index contributed by atoms with van der Waals surface area (Å²) in [6, 6.07) is 0. The third kappa shape index (κ3) is 1.68. The Morgan fingerprint density at radius 1 is 1.44 bits per heavy atom. The summed E-state index contributed by atoms with van der Waals surface area (Å²) in [7, 11) is 4.40. The van der Waals surface area contributed by atoms with Crippen molar-refractivity contribution >= 4 is 25.1 Å². The molecule has 0 aromatic carbocycles. The Kier molecular flexibility index (Phi) is 3.00. The summed E-state index contributed by atoms with van der Waals surface area (Å²) in [6.45, 7) is 0.697. The van der Waals surface area contributed by atoms with Crippen molar-refractivity contribution in [3.8, 4) is 0 Å². The molecule has 4 atom stereocenters. The minimum atomic E-state index is 0.00694. The van der Waals surface area contributed by atoms with Crippen LogP contribution in [0.4, 0.5) is 0 Å². The van der Waals surface area contributed by atoms with Gasteiger partial charge in [-0.3, -0.25) is 4.99 Å². The lowest BCUT2D eigenvalue weighted by atomic mass is 10.3. The van der Waals surface area contributed by atoms with Gasteiger partial charge in [-0.05, 0) is 0 Å². The molecule has 5 heteroatoms. The first kappa shape index (κ1) is 7.56. The molecule has 0 amide bonds. The molecular formula is C4H9NO2P2. The monoisotopic (exact) mass is 165 g/mol. The quantitative estimate of drug-likeness (QED) is 0.555. The van der Waals surface area contributed by atoms with Crippen molar-refractivity contribution in [2.75, 3.05) is 6.54 Å². The van der Waals surface area contributed by atoms with Gasteiger partial charge in [-0.15, -0.1) is 0 Å². The van der Waals surface area contributed by atoms with Crippen LogP contribution in [0.3, 0.4) is 0 Å². The van der Waals surface area contributed by atoms with Crippen LogP contribution in [0.5, 0.6) is 0 Å². The number of hydrogen-bond donors (Lipinski definition) is 0. The number of rotatable bonds is 2. The molecule has 0 aliphatic carbocycles. The first-order valence-electron chi connectivity index (χ1n) is 2.59. The van der Waals surface area contributed by atoms with Gasteiger partial charge in [0.05, 0.1) is 6.54 Å². The molecule has 52 valence electrons. The molecule has 1 aliphatic heterocycles. The van der Waals surface area contributed by atoms with Crippen LogP contribution in [0.1, 0.15) is 0 Å². The molecule has 3 nitrogen and oxygen atoms in total. The van der Waals surface area contributed by atoms with Gasteiger partial charge in [-0.25, -0.2) is 0 Å². The maximum absolute atomic E-state index is 4.97. The normalized spacial score (nSPS) is 33.6. The summed E-state index contributed by atoms with van der Waals surface area (Å²) in [5.74, 6) is 0. The Morgan fingerprint density at radius 3 is 2.67 bits per heavy atom. The summed E-state index contributed by atoms with van der Waals surface area (Å²) in [6.07, 6.45) is 1.84. The molecule has 0 spiro atoms. The second-order valence-electron chi connectivity index (χ2n) is 1.79. The van der Waals surface area contributed by atoms with Gasteiger partial charge in [0, 0.05) is 25.1 Å². The fraction of sp³-hybridized carbons (Fsp3) is 0.750. The van der Waals surface area contributed by atoms with Gasteiger partial charge in [-0.2, -0.15) is 0 Å². The number of nitrogens with zero attached hydrogens (tertiary/aromatic N) is 1. The fourth-order valence-electron chi connectivity index (χ4n) is 0.712. The van der Waals surface area contributed by atoms with Crippen LogP contribution in [0.25, 0.3) is 0 Å². The third-order valence-electron chi connectivity index (χ3n) is 1.24. The zero-order valence-electron chi connectivity index (χ0n) is 4.86. The molecule has 0 fully saturated rings. The maximum Gasteiger partial charge on any atom is 0.124 e. The molecule has 0 bridgehead atoms. The average molecular weight is 165 g/mol. The zero-order valence-corrected chi connectivity index (χ0v) is 7.17. The summed E-state index contributed by atoms with van der Waals surface area (Å²) in [5.41, 5.74) is 0. The van der Waals surface area contributed by atoms with Gasteiger partial charge in [0.2, 0.25) is 0 Å². The van der Waals surface area contributed by atoms with E-state index in [0.29, 0.717) is 6.54 Å². The standard InChI is InChI=1S/C4H9NO2P2/c8-6-3-1-5-2-4(3)7-9/h1,3-4H,2,8-9H2/t3-,4-/m0/s1. The third-order valence-corrected chi connectivity index (χ3v) is 1.90. The van der Waals surface area contributed by atoms with Crippen molar-refractivity contribution in [2.24, 2.45) is 4.99 Å². The highest BCUT2D eigenvalue weighted by Gasteiger charge is 2.22. The van der Waals surface area contributed by atoms with Crippen LogP contribution in [0.2, 0.25) is 0 Å². The van der Waals surface area contributed by atoms with Crippen LogP contribution < -0.4 is 0 Å². The van der Waals surface area contributed by atoms with Crippen molar-refractivity contribution in [3.63, 3.8) is 0 Å². The fourth-order valence-corrected chi connectivity index (χ4v) is 1.20. The van der Waals surface area contributed by atoms with E-state index in [1.165, 1.54) is 0 Å². The van der Waals surface area contributed by atoms with E-state index in [2.05, 4.69) is 23.9 Å². The van der Waals surface area contributed by atoms with Gasteiger partial charge in [0.15, 0.2) is 0 Å². The molecule has 0 aromatic heterocycles. The topological polar surface area (TPSA) is 30.8 Å². The summed E-state index contributed by atoms with van der Waals surface area (Å²) in [5, 5.41) is 0. The van der Waals surface area contributed by atoms with Crippen molar-refractivity contribution in [1.82, 2.24) is 0 Å². The molecule has 2 unspecified atom stereocenters. The summed E-state index contributed by atoms with van der Waals surface area (Å²) in [4.78, 5) is 3.99. The van der Waals surface area contributed by atoms with E-state index in [1.54, 1.807) is 6.21 Å². The van der Waals surface area contributed by atoms with Gasteiger partial charge >= 0.3 is 0 Å². The largest absolute Gasteiger partial charge is 0.357 e. The molecule has 0 aromatic rings. The highest BCUT2D eigenvalue weighted by atomic mass is 31.0. The van der Waals surface area contributed by atoms with Gasteiger partial charge in [-0.1, -0.05) is 0 Å². The molecular weight excluding hydrogens is 156 g/mol. The summed E-state index contributed by atoms with van der Waals surface area (Å²) < 4.78 is 9.91. The molecule has 1 rings (SSSR count). The molecule has 0 saturated heterocycles. The lowest BCUT2D eigenvalue weighted by Gasteiger charge is -2.12. The van der Waals surface area contributed by atoms with Crippen molar-refractivity contribution < 1.29 is 9.05 Å². The SMILES string of the molecule is PO[C@H]1C=NC[C@@H]1OP. The van der Waals surface area contributed by atoms with E-state index in [-0.39, 0.29) is 12.2 Å². The van der Waals surface area contributed by atoms with Crippen LogP contribution in [0.15, 0.2) is 4.99 Å². The maximum atomic E-state index is 4.97. The Balaban J connectivity index is 2.39. The van der Waals surface area contributed by atoms with Gasteiger partial charge in [0.1, 0.15) is 12.2 Å². The molecule has 0 N–H and O–H groups in total. The smallest absolute Gasteiger partial charge is 0.124 e. The predicted octanol–water partition coefficient (Wildman–Crippen LogP) is 0.421. The number of hydrogen-bond acceptors (Lipinski definition) is 3. The molecule has 9 heavy (non-hydrogen) atoms. The van der Waals surface area contributed by atoms with Crippen molar-refractivity contribution in [1.29, 1.82) is 0 Å². The van der Waals surface area contributed by atoms with E-state index in [1.807, 2.05) is 0 Å². The minimum Gasteiger partial charge on any atom is -0.357 e. The highest BCUT2D eigenvalue weighted by Crippen LogP contribution is 2.13. The molecule has 0 radical (unpaired) electrons. The van der Waals surface area contributed by atoms with Crippen molar-refractivity contribution in [2.45, 2.75) is 12.2 Å². The predicted molar refractivity (Wildman–Crippen MR) is 42.5 cm³/mol. The van der Waals surface area contributed by atoms with Crippen LogP contribution >= 0.6 is 18.9 Å². The van der Waals surface area contributed by atoms with Gasteiger partial charge in [0.25, 0.3) is 0 Å². The van der Waals surface area contributed by atoms with E-state index in [9.17, 15) is 0 Å². The minimum absolute atomic E-state index is 0.00694. The van der Waals surface area contributed by atoms with E-state index in [4.69, 9.17) is 9.05 Å². The zero-order chi connectivity index (χ0) is 6.69. The van der Waals surface area contributed by atoms with E-state index >= 15 is 0 Å². The number of aliphatic imine (C=N–C) groups is 1. The Bertz CT molecular complexity index is 119. The average Bonchev–Trinajstić information content (AvgIpc) is 2.33. The first-order chi connectivity index (χ1) is 4.38. The second-order valence-corrected chi connectivity index (χ2v) is 2.33. The second kappa shape index (κ2) is 3.58.